The Kier molecular flexibility index (Phi) is 6.03. The molecule has 1 heterocycles. The lowest BCUT2D eigenvalue weighted by Crippen LogP contribution is -2.13. The van der Waals surface area contributed by atoms with Crippen molar-refractivity contribution in [3.05, 3.63) is 35.7 Å². The van der Waals surface area contributed by atoms with Crippen molar-refractivity contribution in [1.82, 2.24) is 4.98 Å². The van der Waals surface area contributed by atoms with E-state index in [1.54, 1.807) is 13.0 Å². The molecule has 0 saturated heterocycles. The zero-order chi connectivity index (χ0) is 11.4. The molecule has 1 rings (SSSR count). The highest BCUT2D eigenvalue weighted by Gasteiger charge is 2.16. The normalized spacial score (nSPS) is 11.7. The third-order valence-electron chi connectivity index (χ3n) is 2.32. The van der Waals surface area contributed by atoms with Gasteiger partial charge in [0.05, 0.1) is 12.3 Å². The summed E-state index contributed by atoms with van der Waals surface area (Å²) >= 11 is 0. The van der Waals surface area contributed by atoms with E-state index in [0.717, 1.165) is 0 Å². The molecule has 16 heavy (non-hydrogen) atoms. The van der Waals surface area contributed by atoms with E-state index in [-0.39, 0.29) is 30.8 Å². The summed E-state index contributed by atoms with van der Waals surface area (Å²) in [4.78, 5) is 3.96. The minimum absolute atomic E-state index is 0. The summed E-state index contributed by atoms with van der Waals surface area (Å²) in [6.45, 7) is 5.11. The van der Waals surface area contributed by atoms with Gasteiger partial charge >= 0.3 is 0 Å². The summed E-state index contributed by atoms with van der Waals surface area (Å²) in [5.41, 5.74) is 7.52. The third-order valence-corrected chi connectivity index (χ3v) is 2.32. The Hall–Kier alpha value is -1.10. The number of nitrogens with zero attached hydrogens (tertiary/aromatic N) is 1. The van der Waals surface area contributed by atoms with Crippen LogP contribution in [-0.4, -0.2) is 15.2 Å². The van der Waals surface area contributed by atoms with Crippen LogP contribution < -0.4 is 5.73 Å². The molecule has 0 radical (unpaired) electrons. The Bertz CT molecular complexity index is 369. The van der Waals surface area contributed by atoms with E-state index in [1.165, 1.54) is 6.20 Å². The van der Waals surface area contributed by atoms with E-state index in [4.69, 9.17) is 10.8 Å². The van der Waals surface area contributed by atoms with Crippen molar-refractivity contribution in [1.29, 1.82) is 0 Å². The first kappa shape index (κ1) is 14.9. The molecule has 1 atom stereocenters. The van der Waals surface area contributed by atoms with Crippen molar-refractivity contribution in [2.45, 2.75) is 26.0 Å². The number of aromatic hydroxyl groups is 1. The predicted octanol–water partition coefficient (Wildman–Crippen LogP) is 1.59. The predicted molar refractivity (Wildman–Crippen MR) is 65.6 cm³/mol. The second-order valence-electron chi connectivity index (χ2n) is 3.42. The van der Waals surface area contributed by atoms with Crippen LogP contribution in [0.5, 0.6) is 5.75 Å². The van der Waals surface area contributed by atoms with Crippen LogP contribution in [0.3, 0.4) is 0 Å². The Labute approximate surface area is 101 Å². The maximum Gasteiger partial charge on any atom is 0.141 e. The van der Waals surface area contributed by atoms with Gasteiger partial charge in [-0.05, 0) is 13.3 Å². The van der Waals surface area contributed by atoms with Crippen LogP contribution in [0.15, 0.2) is 18.9 Å². The van der Waals surface area contributed by atoms with Gasteiger partial charge in [0.2, 0.25) is 0 Å². The highest BCUT2D eigenvalue weighted by molar-refractivity contribution is 5.85. The Balaban J connectivity index is 0.00000225. The molecule has 1 aromatic heterocycles. The van der Waals surface area contributed by atoms with E-state index < -0.39 is 0 Å². The Morgan fingerprint density at radius 3 is 2.75 bits per heavy atom. The van der Waals surface area contributed by atoms with Gasteiger partial charge in [-0.25, -0.2) is 0 Å². The molecule has 0 aliphatic carbocycles. The highest BCUT2D eigenvalue weighted by atomic mass is 35.5. The molecule has 90 valence electrons. The number of halogens is 1. The number of rotatable bonds is 4. The zero-order valence-corrected chi connectivity index (χ0v) is 10.00. The number of nitrogens with two attached hydrogens (primary N) is 1. The van der Waals surface area contributed by atoms with Crippen molar-refractivity contribution in [3.63, 3.8) is 0 Å². The minimum Gasteiger partial charge on any atom is -0.506 e. The highest BCUT2D eigenvalue weighted by Crippen LogP contribution is 2.30. The van der Waals surface area contributed by atoms with Crippen LogP contribution in [0.1, 0.15) is 29.3 Å². The molecule has 5 heteroatoms. The monoisotopic (exact) mass is 244 g/mol. The first-order chi connectivity index (χ1) is 7.11. The van der Waals surface area contributed by atoms with Crippen molar-refractivity contribution in [3.8, 4) is 5.75 Å². The fourth-order valence-corrected chi connectivity index (χ4v) is 1.49. The zero-order valence-electron chi connectivity index (χ0n) is 9.18. The van der Waals surface area contributed by atoms with E-state index >= 15 is 0 Å². The maximum atomic E-state index is 9.82. The minimum atomic E-state index is -0.355. The van der Waals surface area contributed by atoms with E-state index in [1.807, 2.05) is 0 Å². The molecule has 0 aromatic carbocycles. The molecule has 0 spiro atoms. The van der Waals surface area contributed by atoms with E-state index in [9.17, 15) is 5.11 Å². The molecule has 0 aliphatic heterocycles. The van der Waals surface area contributed by atoms with Gasteiger partial charge in [0, 0.05) is 23.4 Å². The number of aromatic nitrogens is 1. The van der Waals surface area contributed by atoms with Gasteiger partial charge in [0.1, 0.15) is 5.75 Å². The first-order valence-electron chi connectivity index (χ1n) is 4.76. The van der Waals surface area contributed by atoms with Crippen LogP contribution in [0.2, 0.25) is 0 Å². The summed E-state index contributed by atoms with van der Waals surface area (Å²) in [6, 6.07) is -0.355. The van der Waals surface area contributed by atoms with Gasteiger partial charge < -0.3 is 15.9 Å². The van der Waals surface area contributed by atoms with Crippen LogP contribution in [0.4, 0.5) is 0 Å². The third kappa shape index (κ3) is 2.95. The largest absolute Gasteiger partial charge is 0.506 e. The SMILES string of the molecule is C=CC[C@@H](N)c1c(CO)cnc(C)c1O.Cl. The number of pyridine rings is 1. The summed E-state index contributed by atoms with van der Waals surface area (Å²) in [6.07, 6.45) is 3.76. The summed E-state index contributed by atoms with van der Waals surface area (Å²) in [5.74, 6) is 0.0656. The van der Waals surface area contributed by atoms with Crippen LogP contribution in [0, 0.1) is 6.92 Å². The van der Waals surface area contributed by atoms with Gasteiger partial charge in [0.15, 0.2) is 0 Å². The van der Waals surface area contributed by atoms with E-state index in [0.29, 0.717) is 23.2 Å². The number of aryl methyl sites for hydroxylation is 1. The second-order valence-corrected chi connectivity index (χ2v) is 3.42. The fourth-order valence-electron chi connectivity index (χ4n) is 1.49. The average molecular weight is 245 g/mol. The molecule has 0 unspecified atom stereocenters. The average Bonchev–Trinajstić information content (AvgIpc) is 2.22. The van der Waals surface area contributed by atoms with Crippen LogP contribution in [0.25, 0.3) is 0 Å². The molecule has 0 saturated carbocycles. The fraction of sp³-hybridized carbons (Fsp3) is 0.364. The molecule has 4 N–H and O–H groups in total. The Morgan fingerprint density at radius 1 is 1.62 bits per heavy atom. The summed E-state index contributed by atoms with van der Waals surface area (Å²) in [7, 11) is 0. The second kappa shape index (κ2) is 6.48. The molecule has 0 amide bonds. The lowest BCUT2D eigenvalue weighted by Gasteiger charge is -2.16. The van der Waals surface area contributed by atoms with Gasteiger partial charge in [0.25, 0.3) is 0 Å². The van der Waals surface area contributed by atoms with Crippen molar-refractivity contribution < 1.29 is 10.2 Å². The van der Waals surface area contributed by atoms with Gasteiger partial charge in [-0.15, -0.1) is 19.0 Å². The van der Waals surface area contributed by atoms with Crippen molar-refractivity contribution >= 4 is 12.4 Å². The maximum absolute atomic E-state index is 9.82. The molecular weight excluding hydrogens is 228 g/mol. The van der Waals surface area contributed by atoms with E-state index in [2.05, 4.69) is 11.6 Å². The van der Waals surface area contributed by atoms with Crippen LogP contribution >= 0.6 is 12.4 Å². The molecule has 0 bridgehead atoms. The number of hydrogen-bond donors (Lipinski definition) is 3. The van der Waals surface area contributed by atoms with Crippen LogP contribution in [-0.2, 0) is 6.61 Å². The number of aliphatic hydroxyl groups excluding tert-OH is 1. The van der Waals surface area contributed by atoms with Gasteiger partial charge in [-0.2, -0.15) is 0 Å². The van der Waals surface area contributed by atoms with Crippen molar-refractivity contribution in [2.75, 3.05) is 0 Å². The summed E-state index contributed by atoms with van der Waals surface area (Å²) < 4.78 is 0. The molecule has 1 aromatic rings. The Morgan fingerprint density at radius 2 is 2.25 bits per heavy atom. The lowest BCUT2D eigenvalue weighted by molar-refractivity contribution is 0.278. The molecule has 4 nitrogen and oxygen atoms in total. The number of hydrogen-bond acceptors (Lipinski definition) is 4. The quantitative estimate of drug-likeness (QED) is 0.703. The first-order valence-corrected chi connectivity index (χ1v) is 4.76. The lowest BCUT2D eigenvalue weighted by atomic mass is 9.98. The van der Waals surface area contributed by atoms with Crippen molar-refractivity contribution in [2.24, 2.45) is 5.73 Å². The molecular formula is C11H17ClN2O2. The molecule has 0 aliphatic rings. The molecule has 0 fully saturated rings. The standard InChI is InChI=1S/C11H16N2O2.ClH/c1-3-4-9(12)10-8(6-14)5-13-7(2)11(10)15;/h3,5,9,14-15H,1,4,6,12H2,2H3;1H/t9-;/m1./s1. The number of aliphatic hydroxyl groups is 1. The smallest absolute Gasteiger partial charge is 0.141 e. The summed E-state index contributed by atoms with van der Waals surface area (Å²) in [5, 5.41) is 18.9. The van der Waals surface area contributed by atoms with Gasteiger partial charge in [-0.3, -0.25) is 4.98 Å². The van der Waals surface area contributed by atoms with Gasteiger partial charge in [-0.1, -0.05) is 6.08 Å². The topological polar surface area (TPSA) is 79.4 Å².